The SMILES string of the molecule is COc1ccccc1-c1cc(Nc2cccc(CNc3nc4ccccc4[nH]3)c2)ncn1. The van der Waals surface area contributed by atoms with Crippen molar-refractivity contribution < 1.29 is 4.74 Å². The number of imidazole rings is 1. The molecule has 32 heavy (non-hydrogen) atoms. The van der Waals surface area contributed by atoms with E-state index in [0.29, 0.717) is 12.4 Å². The van der Waals surface area contributed by atoms with Crippen LogP contribution in [0.15, 0.2) is 85.2 Å². The Balaban J connectivity index is 1.30. The van der Waals surface area contributed by atoms with Gasteiger partial charge in [-0.25, -0.2) is 15.0 Å². The van der Waals surface area contributed by atoms with Crippen LogP contribution in [0.4, 0.5) is 17.5 Å². The van der Waals surface area contributed by atoms with Gasteiger partial charge in [0.25, 0.3) is 0 Å². The van der Waals surface area contributed by atoms with E-state index in [-0.39, 0.29) is 0 Å². The van der Waals surface area contributed by atoms with Gasteiger partial charge in [0.1, 0.15) is 17.9 Å². The van der Waals surface area contributed by atoms with E-state index in [9.17, 15) is 0 Å². The molecule has 7 heteroatoms. The predicted octanol–water partition coefficient (Wildman–Crippen LogP) is 5.38. The molecule has 0 aliphatic carbocycles. The fourth-order valence-corrected chi connectivity index (χ4v) is 3.56. The molecule has 2 aromatic heterocycles. The van der Waals surface area contributed by atoms with Crippen LogP contribution in [0, 0.1) is 0 Å². The molecule has 5 aromatic rings. The topological polar surface area (TPSA) is 87.8 Å². The third-order valence-corrected chi connectivity index (χ3v) is 5.10. The fraction of sp³-hybridized carbons (Fsp3) is 0.0800. The quantitative estimate of drug-likeness (QED) is 0.326. The lowest BCUT2D eigenvalue weighted by Gasteiger charge is -2.11. The molecule has 0 unspecified atom stereocenters. The third-order valence-electron chi connectivity index (χ3n) is 5.10. The average molecular weight is 422 g/mol. The van der Waals surface area contributed by atoms with Crippen molar-refractivity contribution in [3.63, 3.8) is 0 Å². The molecular weight excluding hydrogens is 400 g/mol. The molecule has 2 heterocycles. The molecule has 0 aliphatic heterocycles. The number of nitrogens with one attached hydrogen (secondary N) is 3. The second-order valence-corrected chi connectivity index (χ2v) is 7.27. The number of H-pyrrole nitrogens is 1. The van der Waals surface area contributed by atoms with E-state index < -0.39 is 0 Å². The molecule has 158 valence electrons. The van der Waals surface area contributed by atoms with E-state index in [4.69, 9.17) is 4.74 Å². The van der Waals surface area contributed by atoms with Crippen LogP contribution >= 0.6 is 0 Å². The third kappa shape index (κ3) is 4.22. The maximum absolute atomic E-state index is 5.46. The predicted molar refractivity (Wildman–Crippen MR) is 127 cm³/mol. The van der Waals surface area contributed by atoms with Crippen LogP contribution in [-0.4, -0.2) is 27.0 Å². The van der Waals surface area contributed by atoms with Crippen molar-refractivity contribution >= 4 is 28.5 Å². The number of methoxy groups -OCH3 is 1. The molecule has 0 atom stereocenters. The standard InChI is InChI=1S/C25H22N6O/c1-32-23-12-5-2-9-19(23)22-14-24(28-16-27-22)29-18-8-6-7-17(13-18)15-26-25-30-20-10-3-4-11-21(20)31-25/h2-14,16H,15H2,1H3,(H2,26,30,31)(H,27,28,29). The summed E-state index contributed by atoms with van der Waals surface area (Å²) in [7, 11) is 1.66. The summed E-state index contributed by atoms with van der Waals surface area (Å²) in [5.41, 5.74) is 5.74. The summed E-state index contributed by atoms with van der Waals surface area (Å²) in [6, 6.07) is 25.9. The number of rotatable bonds is 7. The highest BCUT2D eigenvalue weighted by Crippen LogP contribution is 2.29. The number of nitrogens with zero attached hydrogens (tertiary/aromatic N) is 3. The Hall–Kier alpha value is -4.39. The number of fused-ring (bicyclic) bond motifs is 1. The van der Waals surface area contributed by atoms with Crippen molar-refractivity contribution in [1.82, 2.24) is 19.9 Å². The van der Waals surface area contributed by atoms with Crippen LogP contribution < -0.4 is 15.4 Å². The molecule has 0 amide bonds. The van der Waals surface area contributed by atoms with Gasteiger partial charge in [0, 0.05) is 23.9 Å². The number of para-hydroxylation sites is 3. The van der Waals surface area contributed by atoms with Gasteiger partial charge in [0.15, 0.2) is 0 Å². The van der Waals surface area contributed by atoms with Gasteiger partial charge < -0.3 is 20.4 Å². The molecule has 7 nitrogen and oxygen atoms in total. The van der Waals surface area contributed by atoms with Gasteiger partial charge in [-0.05, 0) is 42.0 Å². The van der Waals surface area contributed by atoms with Crippen LogP contribution in [0.25, 0.3) is 22.3 Å². The van der Waals surface area contributed by atoms with Crippen LogP contribution in [-0.2, 0) is 6.54 Å². The highest BCUT2D eigenvalue weighted by atomic mass is 16.5. The summed E-state index contributed by atoms with van der Waals surface area (Å²) in [6.45, 7) is 0.644. The zero-order chi connectivity index (χ0) is 21.8. The summed E-state index contributed by atoms with van der Waals surface area (Å²) in [6.07, 6.45) is 1.55. The van der Waals surface area contributed by atoms with Gasteiger partial charge in [-0.15, -0.1) is 0 Å². The number of benzene rings is 3. The maximum atomic E-state index is 5.46. The second kappa shape index (κ2) is 8.77. The Morgan fingerprint density at radius 2 is 1.78 bits per heavy atom. The number of aromatic nitrogens is 4. The molecule has 5 rings (SSSR count). The van der Waals surface area contributed by atoms with Crippen molar-refractivity contribution in [2.24, 2.45) is 0 Å². The van der Waals surface area contributed by atoms with Crippen LogP contribution in [0.5, 0.6) is 5.75 Å². The molecule has 0 aliphatic rings. The average Bonchev–Trinajstić information content (AvgIpc) is 3.26. The van der Waals surface area contributed by atoms with E-state index in [0.717, 1.165) is 45.2 Å². The molecule has 0 fully saturated rings. The van der Waals surface area contributed by atoms with Gasteiger partial charge in [0.2, 0.25) is 5.95 Å². The highest BCUT2D eigenvalue weighted by Gasteiger charge is 2.08. The molecule has 0 bridgehead atoms. The normalized spacial score (nSPS) is 10.8. The Morgan fingerprint density at radius 1 is 0.906 bits per heavy atom. The van der Waals surface area contributed by atoms with Gasteiger partial charge in [-0.3, -0.25) is 0 Å². The lowest BCUT2D eigenvalue weighted by atomic mass is 10.1. The Morgan fingerprint density at radius 3 is 2.69 bits per heavy atom. The largest absolute Gasteiger partial charge is 0.496 e. The van der Waals surface area contributed by atoms with Crippen molar-refractivity contribution in [2.75, 3.05) is 17.7 Å². The smallest absolute Gasteiger partial charge is 0.201 e. The molecule has 0 radical (unpaired) electrons. The molecule has 0 saturated heterocycles. The number of anilines is 3. The van der Waals surface area contributed by atoms with Gasteiger partial charge in [0.05, 0.1) is 23.8 Å². The minimum absolute atomic E-state index is 0.644. The first kappa shape index (κ1) is 19.6. The number of ether oxygens (including phenoxy) is 1. The summed E-state index contributed by atoms with van der Waals surface area (Å²) in [5, 5.41) is 6.72. The minimum atomic E-state index is 0.644. The van der Waals surface area contributed by atoms with E-state index in [1.165, 1.54) is 0 Å². The molecular formula is C25H22N6O. The second-order valence-electron chi connectivity index (χ2n) is 7.27. The zero-order valence-corrected chi connectivity index (χ0v) is 17.5. The lowest BCUT2D eigenvalue weighted by Crippen LogP contribution is -2.02. The van der Waals surface area contributed by atoms with E-state index in [1.54, 1.807) is 13.4 Å². The first-order valence-electron chi connectivity index (χ1n) is 10.3. The summed E-state index contributed by atoms with van der Waals surface area (Å²) < 4.78 is 5.46. The van der Waals surface area contributed by atoms with Crippen molar-refractivity contribution in [2.45, 2.75) is 6.54 Å². The van der Waals surface area contributed by atoms with E-state index >= 15 is 0 Å². The maximum Gasteiger partial charge on any atom is 0.201 e. The molecule has 0 spiro atoms. The van der Waals surface area contributed by atoms with Crippen molar-refractivity contribution in [3.05, 3.63) is 90.8 Å². The van der Waals surface area contributed by atoms with Gasteiger partial charge in [-0.2, -0.15) is 0 Å². The first-order chi connectivity index (χ1) is 15.8. The Kier molecular flexibility index (Phi) is 5.36. The molecule has 3 aromatic carbocycles. The summed E-state index contributed by atoms with van der Waals surface area (Å²) >= 11 is 0. The van der Waals surface area contributed by atoms with E-state index in [1.807, 2.05) is 66.7 Å². The van der Waals surface area contributed by atoms with Gasteiger partial charge >= 0.3 is 0 Å². The number of aromatic amines is 1. The number of hydrogen-bond donors (Lipinski definition) is 3. The minimum Gasteiger partial charge on any atom is -0.496 e. The van der Waals surface area contributed by atoms with Crippen molar-refractivity contribution in [3.8, 4) is 17.0 Å². The summed E-state index contributed by atoms with van der Waals surface area (Å²) in [5.74, 6) is 2.24. The van der Waals surface area contributed by atoms with Crippen molar-refractivity contribution in [1.29, 1.82) is 0 Å². The monoisotopic (exact) mass is 422 g/mol. The van der Waals surface area contributed by atoms with Gasteiger partial charge in [-0.1, -0.05) is 36.4 Å². The summed E-state index contributed by atoms with van der Waals surface area (Å²) in [4.78, 5) is 16.6. The Labute approximate surface area is 185 Å². The zero-order valence-electron chi connectivity index (χ0n) is 17.5. The Bertz CT molecular complexity index is 1330. The highest BCUT2D eigenvalue weighted by molar-refractivity contribution is 5.77. The van der Waals surface area contributed by atoms with Crippen LogP contribution in [0.1, 0.15) is 5.56 Å². The number of hydrogen-bond acceptors (Lipinski definition) is 6. The lowest BCUT2D eigenvalue weighted by molar-refractivity contribution is 0.416. The van der Waals surface area contributed by atoms with E-state index in [2.05, 4.69) is 42.7 Å². The van der Waals surface area contributed by atoms with Crippen LogP contribution in [0.2, 0.25) is 0 Å². The molecule has 0 saturated carbocycles. The first-order valence-corrected chi connectivity index (χ1v) is 10.3. The van der Waals surface area contributed by atoms with Crippen LogP contribution in [0.3, 0.4) is 0 Å². The molecule has 3 N–H and O–H groups in total. The fourth-order valence-electron chi connectivity index (χ4n) is 3.56.